The minimum absolute atomic E-state index is 0.299. The summed E-state index contributed by atoms with van der Waals surface area (Å²) in [6.07, 6.45) is 0.299. The van der Waals surface area contributed by atoms with Crippen molar-refractivity contribution in [1.29, 1.82) is 0 Å². The second-order valence-electron chi connectivity index (χ2n) is 5.00. The number of esters is 1. The summed E-state index contributed by atoms with van der Waals surface area (Å²) >= 11 is 23.3. The average molecular weight is 371 g/mol. The normalized spacial score (nSPS) is 22.5. The van der Waals surface area contributed by atoms with Crippen molar-refractivity contribution in [3.63, 3.8) is 0 Å². The van der Waals surface area contributed by atoms with Crippen LogP contribution in [0.3, 0.4) is 0 Å². The lowest BCUT2D eigenvalue weighted by Gasteiger charge is -2.12. The van der Waals surface area contributed by atoms with Gasteiger partial charge in [0.2, 0.25) is 0 Å². The van der Waals surface area contributed by atoms with Crippen molar-refractivity contribution in [3.8, 4) is 0 Å². The van der Waals surface area contributed by atoms with E-state index in [1.165, 1.54) is 18.2 Å². The highest BCUT2D eigenvalue weighted by atomic mass is 35.5. The SMILES string of the molecule is CC1(C(=O)OCC(=O)Nc2cc(Cl)cc(Cl)c2)CC1(Cl)Cl. The van der Waals surface area contributed by atoms with Crippen molar-refractivity contribution in [2.75, 3.05) is 11.9 Å². The van der Waals surface area contributed by atoms with Gasteiger partial charge in [-0.15, -0.1) is 23.2 Å². The van der Waals surface area contributed by atoms with Crippen molar-refractivity contribution >= 4 is 64.0 Å². The van der Waals surface area contributed by atoms with Gasteiger partial charge in [0.1, 0.15) is 9.75 Å². The number of alkyl halides is 2. The van der Waals surface area contributed by atoms with E-state index in [9.17, 15) is 9.59 Å². The Morgan fingerprint density at radius 2 is 1.76 bits per heavy atom. The van der Waals surface area contributed by atoms with E-state index in [-0.39, 0.29) is 0 Å². The Morgan fingerprint density at radius 1 is 1.24 bits per heavy atom. The number of carbonyl (C=O) groups excluding carboxylic acids is 2. The number of benzene rings is 1. The second-order valence-corrected chi connectivity index (χ2v) is 7.35. The van der Waals surface area contributed by atoms with Crippen LogP contribution in [0.25, 0.3) is 0 Å². The van der Waals surface area contributed by atoms with Gasteiger partial charge in [0.05, 0.1) is 0 Å². The predicted octanol–water partition coefficient (Wildman–Crippen LogP) is 4.06. The van der Waals surface area contributed by atoms with Crippen molar-refractivity contribution in [2.24, 2.45) is 5.41 Å². The molecule has 1 aromatic rings. The lowest BCUT2D eigenvalue weighted by Crippen LogP contribution is -2.26. The third-order valence-electron chi connectivity index (χ3n) is 3.19. The van der Waals surface area contributed by atoms with Crippen molar-refractivity contribution in [3.05, 3.63) is 28.2 Å². The van der Waals surface area contributed by atoms with Gasteiger partial charge >= 0.3 is 5.97 Å². The zero-order valence-electron chi connectivity index (χ0n) is 10.9. The number of nitrogens with one attached hydrogen (secondary N) is 1. The zero-order chi connectivity index (χ0) is 15.8. The molecule has 0 saturated heterocycles. The topological polar surface area (TPSA) is 55.4 Å². The third kappa shape index (κ3) is 3.75. The van der Waals surface area contributed by atoms with E-state index in [2.05, 4.69) is 5.32 Å². The summed E-state index contributed by atoms with van der Waals surface area (Å²) in [6.45, 7) is 1.15. The van der Waals surface area contributed by atoms with E-state index in [0.29, 0.717) is 22.2 Å². The summed E-state index contributed by atoms with van der Waals surface area (Å²) in [4.78, 5) is 23.5. The van der Waals surface area contributed by atoms with Gasteiger partial charge in [0.15, 0.2) is 6.61 Å². The molecule has 4 nitrogen and oxygen atoms in total. The minimum Gasteiger partial charge on any atom is -0.455 e. The van der Waals surface area contributed by atoms with E-state index in [4.69, 9.17) is 51.1 Å². The maximum atomic E-state index is 11.8. The molecule has 0 bridgehead atoms. The Morgan fingerprint density at radius 3 is 2.24 bits per heavy atom. The molecule has 1 fully saturated rings. The van der Waals surface area contributed by atoms with Crippen LogP contribution in [0.4, 0.5) is 5.69 Å². The van der Waals surface area contributed by atoms with Gasteiger partial charge in [0.25, 0.3) is 5.91 Å². The maximum Gasteiger partial charge on any atom is 0.315 e. The number of carbonyl (C=O) groups is 2. The molecule has 2 rings (SSSR count). The van der Waals surface area contributed by atoms with Crippen LogP contribution in [-0.4, -0.2) is 22.8 Å². The highest BCUT2D eigenvalue weighted by molar-refractivity contribution is 6.53. The summed E-state index contributed by atoms with van der Waals surface area (Å²) in [5, 5.41) is 3.29. The molecule has 1 aliphatic rings. The summed E-state index contributed by atoms with van der Waals surface area (Å²) in [7, 11) is 0. The molecule has 0 aliphatic heterocycles. The predicted molar refractivity (Wildman–Crippen MR) is 83.2 cm³/mol. The Labute approximate surface area is 141 Å². The largest absolute Gasteiger partial charge is 0.455 e. The molecule has 1 unspecified atom stereocenters. The van der Waals surface area contributed by atoms with Crippen LogP contribution in [0.1, 0.15) is 13.3 Å². The van der Waals surface area contributed by atoms with Crippen LogP contribution in [0.5, 0.6) is 0 Å². The number of amides is 1. The minimum atomic E-state index is -1.12. The van der Waals surface area contributed by atoms with E-state index < -0.39 is 28.2 Å². The van der Waals surface area contributed by atoms with Gasteiger partial charge in [-0.3, -0.25) is 9.59 Å². The molecule has 21 heavy (non-hydrogen) atoms. The van der Waals surface area contributed by atoms with Gasteiger partial charge < -0.3 is 10.1 Å². The van der Waals surface area contributed by atoms with E-state index >= 15 is 0 Å². The zero-order valence-corrected chi connectivity index (χ0v) is 13.9. The number of rotatable bonds is 4. The van der Waals surface area contributed by atoms with Gasteiger partial charge in [-0.05, 0) is 25.1 Å². The van der Waals surface area contributed by atoms with Gasteiger partial charge in [-0.2, -0.15) is 0 Å². The van der Waals surface area contributed by atoms with E-state index in [0.717, 1.165) is 0 Å². The molecule has 1 N–H and O–H groups in total. The standard InChI is InChI=1S/C13H11Cl4NO3/c1-12(6-13(12,16)17)11(20)21-5-10(19)18-9-3-7(14)2-8(15)4-9/h2-4H,5-6H2,1H3,(H,18,19). The van der Waals surface area contributed by atoms with Gasteiger partial charge in [0, 0.05) is 22.2 Å². The Bertz CT molecular complexity index is 585. The highest BCUT2D eigenvalue weighted by Gasteiger charge is 2.69. The molecule has 0 aromatic heterocycles. The quantitative estimate of drug-likeness (QED) is 0.642. The molecule has 0 heterocycles. The molecule has 114 valence electrons. The molecule has 1 aliphatic carbocycles. The number of halogens is 4. The van der Waals surface area contributed by atoms with Crippen LogP contribution in [0, 0.1) is 5.41 Å². The summed E-state index contributed by atoms with van der Waals surface area (Å²) in [5.74, 6) is -1.12. The summed E-state index contributed by atoms with van der Waals surface area (Å²) < 4.78 is 3.79. The molecule has 1 atom stereocenters. The van der Waals surface area contributed by atoms with Gasteiger partial charge in [-0.25, -0.2) is 0 Å². The van der Waals surface area contributed by atoms with Crippen molar-refractivity contribution in [2.45, 2.75) is 17.7 Å². The summed E-state index contributed by atoms with van der Waals surface area (Å²) in [5.41, 5.74) is -0.550. The first-order valence-corrected chi connectivity index (χ1v) is 7.46. The lowest BCUT2D eigenvalue weighted by atomic mass is 10.1. The number of hydrogen-bond acceptors (Lipinski definition) is 3. The molecule has 8 heteroatoms. The first-order valence-electron chi connectivity index (χ1n) is 5.95. The summed E-state index contributed by atoms with van der Waals surface area (Å²) in [6, 6.07) is 4.59. The highest BCUT2D eigenvalue weighted by Crippen LogP contribution is 2.64. The lowest BCUT2D eigenvalue weighted by molar-refractivity contribution is -0.152. The molecule has 1 saturated carbocycles. The van der Waals surface area contributed by atoms with Crippen LogP contribution in [0.2, 0.25) is 10.0 Å². The van der Waals surface area contributed by atoms with E-state index in [1.807, 2.05) is 0 Å². The number of hydrogen-bond donors (Lipinski definition) is 1. The fourth-order valence-corrected chi connectivity index (χ4v) is 2.95. The van der Waals surface area contributed by atoms with Crippen molar-refractivity contribution in [1.82, 2.24) is 0 Å². The van der Waals surface area contributed by atoms with Crippen LogP contribution in [0.15, 0.2) is 18.2 Å². The molecular weight excluding hydrogens is 360 g/mol. The molecule has 1 amide bonds. The second kappa shape index (κ2) is 5.84. The Kier molecular flexibility index (Phi) is 4.64. The first-order chi connectivity index (χ1) is 9.64. The number of anilines is 1. The Hall–Kier alpha value is -0.680. The van der Waals surface area contributed by atoms with Gasteiger partial charge in [-0.1, -0.05) is 23.2 Å². The van der Waals surface area contributed by atoms with Crippen LogP contribution in [-0.2, 0) is 14.3 Å². The maximum absolute atomic E-state index is 11.8. The molecule has 0 radical (unpaired) electrons. The number of ether oxygens (including phenoxy) is 1. The fourth-order valence-electron chi connectivity index (χ4n) is 1.73. The monoisotopic (exact) mass is 369 g/mol. The molecule has 1 aromatic carbocycles. The smallest absolute Gasteiger partial charge is 0.315 e. The molecular formula is C13H11Cl4NO3. The van der Waals surface area contributed by atoms with Crippen LogP contribution < -0.4 is 5.32 Å². The molecule has 0 spiro atoms. The van der Waals surface area contributed by atoms with E-state index in [1.54, 1.807) is 6.92 Å². The van der Waals surface area contributed by atoms with Crippen LogP contribution >= 0.6 is 46.4 Å². The average Bonchev–Trinajstić information content (AvgIpc) is 2.85. The Balaban J connectivity index is 1.87. The fraction of sp³-hybridized carbons (Fsp3) is 0.385. The third-order valence-corrected chi connectivity index (χ3v) is 4.73. The first kappa shape index (κ1) is 16.7. The van der Waals surface area contributed by atoms with Crippen molar-refractivity contribution < 1.29 is 14.3 Å².